The Hall–Kier alpha value is -1.86. The van der Waals surface area contributed by atoms with E-state index in [2.05, 4.69) is 55.9 Å². The lowest BCUT2D eigenvalue weighted by Gasteiger charge is -2.20. The van der Waals surface area contributed by atoms with Crippen molar-refractivity contribution in [2.24, 2.45) is 5.41 Å². The van der Waals surface area contributed by atoms with Crippen LogP contribution in [0.4, 0.5) is 17.3 Å². The molecule has 0 spiro atoms. The second kappa shape index (κ2) is 6.95. The molecule has 0 fully saturated rings. The van der Waals surface area contributed by atoms with E-state index >= 15 is 0 Å². The van der Waals surface area contributed by atoms with Crippen LogP contribution >= 0.6 is 0 Å². The minimum absolute atomic E-state index is 0.369. The third-order valence-electron chi connectivity index (χ3n) is 3.72. The third-order valence-corrected chi connectivity index (χ3v) is 3.72. The molecule has 2 aromatic rings. The largest absolute Gasteiger partial charge is 0.673 e. The highest BCUT2D eigenvalue weighted by Gasteiger charge is 2.34. The van der Waals surface area contributed by atoms with E-state index in [-0.39, 0.29) is 0 Å². The minimum Gasteiger partial charge on any atom is -0.418 e. The van der Waals surface area contributed by atoms with Gasteiger partial charge in [0.1, 0.15) is 6.04 Å². The molecule has 0 saturated carbocycles. The maximum absolute atomic E-state index is 9.75. The van der Waals surface area contributed by atoms with E-state index in [1.807, 2.05) is 10.7 Å². The molecule has 24 heavy (non-hydrogen) atoms. The summed E-state index contributed by atoms with van der Waals surface area (Å²) in [5, 5.41) is 4.72. The second-order valence-electron chi connectivity index (χ2n) is 7.17. The molecule has 0 N–H and O–H groups in total. The Morgan fingerprint density at radius 3 is 2.29 bits per heavy atom. The Balaban J connectivity index is 0.000000368. The van der Waals surface area contributed by atoms with Gasteiger partial charge in [-0.2, -0.15) is 0 Å². The summed E-state index contributed by atoms with van der Waals surface area (Å²) in [6.07, 6.45) is 5.70. The summed E-state index contributed by atoms with van der Waals surface area (Å²) in [7, 11) is -6.00. The molecule has 132 valence electrons. The van der Waals surface area contributed by atoms with Crippen LogP contribution in [0.1, 0.15) is 45.5 Å². The van der Waals surface area contributed by atoms with Crippen LogP contribution in [-0.2, 0) is 6.42 Å². The van der Waals surface area contributed by atoms with Crippen LogP contribution in [0.15, 0.2) is 36.7 Å². The highest BCUT2D eigenvalue weighted by molar-refractivity contribution is 6.50. The fraction of sp³-hybridized carbons (Fsp3) is 0.500. The molecule has 1 aromatic heterocycles. The first-order valence-corrected chi connectivity index (χ1v) is 7.95. The van der Waals surface area contributed by atoms with Crippen molar-refractivity contribution in [2.45, 2.75) is 46.1 Å². The summed E-state index contributed by atoms with van der Waals surface area (Å²) in [6.45, 7) is 6.94. The van der Waals surface area contributed by atoms with Gasteiger partial charge in [0.25, 0.3) is 6.33 Å². The average Bonchev–Trinajstić information content (AvgIpc) is 2.99. The van der Waals surface area contributed by atoms with Crippen LogP contribution in [0, 0.1) is 5.41 Å². The van der Waals surface area contributed by atoms with E-state index < -0.39 is 7.25 Å². The first-order chi connectivity index (χ1) is 11.0. The zero-order valence-corrected chi connectivity index (χ0v) is 14.1. The molecule has 8 heteroatoms. The Labute approximate surface area is 139 Å². The maximum Gasteiger partial charge on any atom is 0.673 e. The second-order valence-corrected chi connectivity index (χ2v) is 7.17. The molecule has 2 heterocycles. The number of halogens is 4. The lowest BCUT2D eigenvalue weighted by molar-refractivity contribution is -0.658. The smallest absolute Gasteiger partial charge is 0.418 e. The van der Waals surface area contributed by atoms with E-state index in [9.17, 15) is 17.3 Å². The van der Waals surface area contributed by atoms with Crippen molar-refractivity contribution in [3.63, 3.8) is 0 Å². The fourth-order valence-corrected chi connectivity index (χ4v) is 2.92. The standard InChI is InChI=1S/C16H22N3.BF4/c1-16(2,3)11-14-9-10-15-17-19(12-18(14)15)13-7-5-4-6-8-13;2-1(3,4)5/h4-8,12,14H,9-11H2,1-3H3;/q+1;-1/t14-;/m1./s1. The van der Waals surface area contributed by atoms with Crippen molar-refractivity contribution in [2.75, 3.05) is 0 Å². The molecule has 3 nitrogen and oxygen atoms in total. The van der Waals surface area contributed by atoms with Gasteiger partial charge >= 0.3 is 7.25 Å². The lowest BCUT2D eigenvalue weighted by Crippen LogP contribution is -2.32. The van der Waals surface area contributed by atoms with Crippen LogP contribution in [0.2, 0.25) is 0 Å². The Kier molecular flexibility index (Phi) is 5.35. The number of nitrogens with zero attached hydrogens (tertiary/aromatic N) is 3. The summed E-state index contributed by atoms with van der Waals surface area (Å²) in [4.78, 5) is 0. The molecule has 1 atom stereocenters. The van der Waals surface area contributed by atoms with Crippen molar-refractivity contribution in [1.82, 2.24) is 9.67 Å². The molecule has 0 aliphatic carbocycles. The number of hydrogen-bond donors (Lipinski definition) is 0. The Morgan fingerprint density at radius 1 is 1.17 bits per heavy atom. The van der Waals surface area contributed by atoms with Crippen molar-refractivity contribution >= 4 is 7.25 Å². The molecule has 1 aromatic carbocycles. The molecular weight excluding hydrogens is 321 g/mol. The van der Waals surface area contributed by atoms with Gasteiger partial charge in [0, 0.05) is 6.42 Å². The number of hydrogen-bond acceptors (Lipinski definition) is 1. The predicted octanol–water partition coefficient (Wildman–Crippen LogP) is 4.38. The van der Waals surface area contributed by atoms with Gasteiger partial charge in [-0.25, -0.2) is 4.57 Å². The van der Waals surface area contributed by atoms with E-state index in [1.165, 1.54) is 18.7 Å². The normalized spacial score (nSPS) is 17.2. The molecule has 0 saturated heterocycles. The summed E-state index contributed by atoms with van der Waals surface area (Å²) in [6, 6.07) is 10.9. The van der Waals surface area contributed by atoms with Gasteiger partial charge in [-0.05, 0) is 35.5 Å². The quantitative estimate of drug-likeness (QED) is 0.450. The van der Waals surface area contributed by atoms with Crippen LogP contribution in [0.3, 0.4) is 0 Å². The van der Waals surface area contributed by atoms with Gasteiger partial charge in [-0.1, -0.05) is 39.0 Å². The Bertz CT molecular complexity index is 656. The van der Waals surface area contributed by atoms with Gasteiger partial charge in [-0.15, -0.1) is 4.68 Å². The zero-order valence-electron chi connectivity index (χ0n) is 14.1. The van der Waals surface area contributed by atoms with Crippen molar-refractivity contribution in [3.05, 3.63) is 42.5 Å². The van der Waals surface area contributed by atoms with E-state index in [1.54, 1.807) is 0 Å². The Morgan fingerprint density at radius 2 is 1.75 bits per heavy atom. The fourth-order valence-electron chi connectivity index (χ4n) is 2.92. The van der Waals surface area contributed by atoms with E-state index in [0.29, 0.717) is 11.5 Å². The van der Waals surface area contributed by atoms with Crippen LogP contribution in [0.25, 0.3) is 5.69 Å². The minimum atomic E-state index is -6.00. The first kappa shape index (κ1) is 18.5. The third kappa shape index (κ3) is 5.65. The first-order valence-electron chi connectivity index (χ1n) is 7.95. The molecule has 1 aliphatic heterocycles. The topological polar surface area (TPSA) is 21.7 Å². The number of fused-ring (bicyclic) bond motifs is 1. The van der Waals surface area contributed by atoms with Gasteiger partial charge in [-0.3, -0.25) is 0 Å². The average molecular weight is 343 g/mol. The van der Waals surface area contributed by atoms with Crippen molar-refractivity contribution < 1.29 is 21.9 Å². The number of aromatic nitrogens is 3. The highest BCUT2D eigenvalue weighted by atomic mass is 19.5. The SMILES string of the molecule is CC(C)(C)C[C@H]1CCc2n[n+](-c3ccccc3)cn21.F[B-](F)(F)F. The van der Waals surface area contributed by atoms with Gasteiger partial charge < -0.3 is 17.3 Å². The molecule has 0 amide bonds. The summed E-state index contributed by atoms with van der Waals surface area (Å²) in [5.74, 6) is 1.22. The number of rotatable bonds is 2. The van der Waals surface area contributed by atoms with E-state index in [0.717, 1.165) is 12.1 Å². The highest BCUT2D eigenvalue weighted by Crippen LogP contribution is 2.34. The number of benzene rings is 1. The number of aryl methyl sites for hydroxylation is 1. The van der Waals surface area contributed by atoms with E-state index in [4.69, 9.17) is 5.10 Å². The van der Waals surface area contributed by atoms with Crippen molar-refractivity contribution in [3.8, 4) is 5.69 Å². The van der Waals surface area contributed by atoms with Crippen molar-refractivity contribution in [1.29, 1.82) is 0 Å². The molecule has 0 radical (unpaired) electrons. The number of para-hydroxylation sites is 1. The molecule has 0 bridgehead atoms. The van der Waals surface area contributed by atoms with Gasteiger partial charge in [0.15, 0.2) is 5.69 Å². The van der Waals surface area contributed by atoms with Gasteiger partial charge in [0.2, 0.25) is 5.82 Å². The van der Waals surface area contributed by atoms with Crippen LogP contribution in [0.5, 0.6) is 0 Å². The maximum atomic E-state index is 9.75. The summed E-state index contributed by atoms with van der Waals surface area (Å²) < 4.78 is 43.4. The monoisotopic (exact) mass is 343 g/mol. The molecule has 3 rings (SSSR count). The molecule has 1 aliphatic rings. The lowest BCUT2D eigenvalue weighted by atomic mass is 9.87. The molecular formula is C16H22BF4N3. The van der Waals surface area contributed by atoms with Gasteiger partial charge in [0.05, 0.1) is 0 Å². The zero-order chi connectivity index (χ0) is 18.0. The summed E-state index contributed by atoms with van der Waals surface area (Å²) >= 11 is 0. The van der Waals surface area contributed by atoms with Crippen LogP contribution in [-0.4, -0.2) is 16.9 Å². The van der Waals surface area contributed by atoms with Crippen LogP contribution < -0.4 is 4.68 Å². The predicted molar refractivity (Wildman–Crippen MR) is 85.4 cm³/mol. The molecule has 0 unspecified atom stereocenters. The summed E-state index contributed by atoms with van der Waals surface area (Å²) in [5.41, 5.74) is 1.51.